The second-order valence-corrected chi connectivity index (χ2v) is 5.53. The number of benzene rings is 1. The number of hydrogen-bond donors (Lipinski definition) is 1. The Kier molecular flexibility index (Phi) is 3.86. The highest BCUT2D eigenvalue weighted by Crippen LogP contribution is 2.33. The number of rotatable bonds is 3. The number of nitrogens with one attached hydrogen (secondary N) is 1. The van der Waals surface area contributed by atoms with Gasteiger partial charge in [-0.2, -0.15) is 23.4 Å². The lowest BCUT2D eigenvalue weighted by Gasteiger charge is -2.10. The Morgan fingerprint density at radius 1 is 1.17 bits per heavy atom. The summed E-state index contributed by atoms with van der Waals surface area (Å²) in [7, 11) is 0. The van der Waals surface area contributed by atoms with Gasteiger partial charge in [0.05, 0.1) is 11.3 Å². The van der Waals surface area contributed by atoms with Crippen molar-refractivity contribution in [2.24, 2.45) is 0 Å². The zero-order chi connectivity index (χ0) is 16.6. The van der Waals surface area contributed by atoms with Gasteiger partial charge in [0.25, 0.3) is 0 Å². The van der Waals surface area contributed by atoms with Crippen LogP contribution < -0.4 is 5.32 Å². The van der Waals surface area contributed by atoms with Crippen LogP contribution in [0.25, 0.3) is 11.3 Å². The maximum Gasteiger partial charge on any atom is 0.416 e. The van der Waals surface area contributed by atoms with Crippen molar-refractivity contribution in [1.29, 1.82) is 5.26 Å². The zero-order valence-electron chi connectivity index (χ0n) is 11.7. The molecule has 0 radical (unpaired) electrons. The van der Waals surface area contributed by atoms with Crippen molar-refractivity contribution in [2.75, 3.05) is 5.32 Å². The Bertz CT molecular complexity index is 777. The van der Waals surface area contributed by atoms with Crippen molar-refractivity contribution < 1.29 is 13.2 Å². The fourth-order valence-electron chi connectivity index (χ4n) is 2.03. The molecule has 3 rings (SSSR count). The number of halogens is 4. The highest BCUT2D eigenvalue weighted by atomic mass is 35.5. The summed E-state index contributed by atoms with van der Waals surface area (Å²) in [6.07, 6.45) is -2.42. The van der Waals surface area contributed by atoms with Crippen molar-refractivity contribution in [1.82, 2.24) is 9.97 Å². The van der Waals surface area contributed by atoms with Crippen LogP contribution in [0, 0.1) is 11.3 Å². The molecule has 118 valence electrons. The van der Waals surface area contributed by atoms with E-state index < -0.39 is 11.7 Å². The summed E-state index contributed by atoms with van der Waals surface area (Å²) >= 11 is 6.00. The highest BCUT2D eigenvalue weighted by Gasteiger charge is 2.30. The van der Waals surface area contributed by atoms with Gasteiger partial charge in [0, 0.05) is 11.6 Å². The minimum atomic E-state index is -4.42. The first-order chi connectivity index (χ1) is 10.9. The minimum absolute atomic E-state index is 0.0273. The molecule has 0 spiro atoms. The average Bonchev–Trinajstić information content (AvgIpc) is 3.30. The molecule has 0 amide bonds. The maximum atomic E-state index is 12.6. The number of hydrogen-bond acceptors (Lipinski definition) is 4. The second-order valence-electron chi connectivity index (χ2n) is 5.17. The Morgan fingerprint density at radius 2 is 1.83 bits per heavy atom. The molecule has 0 saturated heterocycles. The van der Waals surface area contributed by atoms with Gasteiger partial charge in [-0.05, 0) is 25.0 Å². The minimum Gasteiger partial charge on any atom is -0.351 e. The van der Waals surface area contributed by atoms with Crippen LogP contribution >= 0.6 is 11.6 Å². The van der Waals surface area contributed by atoms with Gasteiger partial charge < -0.3 is 5.32 Å². The first kappa shape index (κ1) is 15.6. The summed E-state index contributed by atoms with van der Waals surface area (Å²) in [5.74, 6) is 0.270. The van der Waals surface area contributed by atoms with Crippen molar-refractivity contribution in [3.8, 4) is 17.3 Å². The van der Waals surface area contributed by atoms with Crippen molar-refractivity contribution >= 4 is 17.5 Å². The Labute approximate surface area is 134 Å². The lowest BCUT2D eigenvalue weighted by molar-refractivity contribution is -0.137. The predicted molar refractivity (Wildman–Crippen MR) is 78.8 cm³/mol. The van der Waals surface area contributed by atoms with Crippen LogP contribution in [0.1, 0.15) is 24.0 Å². The van der Waals surface area contributed by atoms with Gasteiger partial charge in [-0.1, -0.05) is 23.7 Å². The molecule has 4 nitrogen and oxygen atoms in total. The summed E-state index contributed by atoms with van der Waals surface area (Å²) in [5, 5.41) is 12.2. The van der Waals surface area contributed by atoms with E-state index in [1.807, 2.05) is 6.07 Å². The molecule has 1 aliphatic carbocycles. The van der Waals surface area contributed by atoms with Gasteiger partial charge in [-0.3, -0.25) is 0 Å². The van der Waals surface area contributed by atoms with Crippen LogP contribution in [0.4, 0.5) is 19.1 Å². The smallest absolute Gasteiger partial charge is 0.351 e. The van der Waals surface area contributed by atoms with Gasteiger partial charge in [-0.25, -0.2) is 4.98 Å². The van der Waals surface area contributed by atoms with Crippen molar-refractivity contribution in [3.63, 3.8) is 0 Å². The molecular weight excluding hydrogens is 329 g/mol. The molecule has 0 atom stereocenters. The van der Waals surface area contributed by atoms with Crippen LogP contribution in [-0.2, 0) is 6.18 Å². The van der Waals surface area contributed by atoms with Gasteiger partial charge in [0.2, 0.25) is 5.95 Å². The van der Waals surface area contributed by atoms with Gasteiger partial charge in [0.1, 0.15) is 11.6 Å². The summed E-state index contributed by atoms with van der Waals surface area (Å²) in [5.41, 5.74) is -0.147. The molecule has 0 aliphatic heterocycles. The number of anilines is 1. The lowest BCUT2D eigenvalue weighted by atomic mass is 10.1. The Balaban J connectivity index is 2.03. The third-order valence-electron chi connectivity index (χ3n) is 3.37. The van der Waals surface area contributed by atoms with E-state index in [1.54, 1.807) is 0 Å². The molecule has 8 heteroatoms. The molecule has 1 saturated carbocycles. The number of nitriles is 1. The number of alkyl halides is 3. The third kappa shape index (κ3) is 3.37. The molecule has 1 aliphatic rings. The average molecular weight is 339 g/mol. The lowest BCUT2D eigenvalue weighted by Crippen LogP contribution is -2.08. The largest absolute Gasteiger partial charge is 0.416 e. The fourth-order valence-corrected chi connectivity index (χ4v) is 2.25. The van der Waals surface area contributed by atoms with Crippen LogP contribution in [0.5, 0.6) is 0 Å². The van der Waals surface area contributed by atoms with E-state index >= 15 is 0 Å². The third-order valence-corrected chi connectivity index (χ3v) is 3.65. The molecule has 1 fully saturated rings. The molecule has 0 bridgehead atoms. The normalized spacial score (nSPS) is 14.4. The first-order valence-corrected chi connectivity index (χ1v) is 7.18. The summed E-state index contributed by atoms with van der Waals surface area (Å²) in [4.78, 5) is 8.24. The van der Waals surface area contributed by atoms with E-state index in [2.05, 4.69) is 15.3 Å². The number of nitrogens with zero attached hydrogens (tertiary/aromatic N) is 3. The standard InChI is InChI=1S/C15H10ClF3N4/c16-13-11(7-20)12(22-14(23-13)21-10-5-6-10)8-1-3-9(4-2-8)15(17,18)19/h1-4,10H,5-6H2,(H,21,22,23). The molecule has 23 heavy (non-hydrogen) atoms. The fraction of sp³-hybridized carbons (Fsp3) is 0.267. The van der Waals surface area contributed by atoms with Crippen LogP contribution in [-0.4, -0.2) is 16.0 Å². The molecule has 1 heterocycles. The van der Waals surface area contributed by atoms with Crippen LogP contribution in [0.15, 0.2) is 24.3 Å². The van der Waals surface area contributed by atoms with Crippen LogP contribution in [0.2, 0.25) is 5.15 Å². The van der Waals surface area contributed by atoms with Gasteiger partial charge >= 0.3 is 6.18 Å². The quantitative estimate of drug-likeness (QED) is 0.849. The Hall–Kier alpha value is -2.33. The summed E-state index contributed by atoms with van der Waals surface area (Å²) in [6.45, 7) is 0. The topological polar surface area (TPSA) is 61.6 Å². The molecule has 2 aromatic rings. The van der Waals surface area contributed by atoms with Gasteiger partial charge in [-0.15, -0.1) is 0 Å². The van der Waals surface area contributed by atoms with E-state index in [0.717, 1.165) is 25.0 Å². The van der Waals surface area contributed by atoms with Crippen molar-refractivity contribution in [3.05, 3.63) is 40.5 Å². The van der Waals surface area contributed by atoms with E-state index in [0.29, 0.717) is 5.56 Å². The van der Waals surface area contributed by atoms with Crippen LogP contribution in [0.3, 0.4) is 0 Å². The molecule has 1 aromatic carbocycles. The zero-order valence-corrected chi connectivity index (χ0v) is 12.4. The van der Waals surface area contributed by atoms with E-state index in [-0.39, 0.29) is 28.4 Å². The highest BCUT2D eigenvalue weighted by molar-refractivity contribution is 6.31. The summed E-state index contributed by atoms with van der Waals surface area (Å²) < 4.78 is 37.9. The molecule has 0 unspecified atom stereocenters. The van der Waals surface area contributed by atoms with Crippen molar-refractivity contribution in [2.45, 2.75) is 25.1 Å². The SMILES string of the molecule is N#Cc1c(Cl)nc(NC2CC2)nc1-c1ccc(C(F)(F)F)cc1. The molecule has 1 N–H and O–H groups in total. The molecular formula is C15H10ClF3N4. The number of aromatic nitrogens is 2. The molecule has 1 aromatic heterocycles. The second kappa shape index (κ2) is 5.70. The van der Waals surface area contributed by atoms with E-state index in [9.17, 15) is 18.4 Å². The maximum absolute atomic E-state index is 12.6. The summed E-state index contributed by atoms with van der Waals surface area (Å²) in [6, 6.07) is 6.60. The first-order valence-electron chi connectivity index (χ1n) is 6.80. The van der Waals surface area contributed by atoms with E-state index in [4.69, 9.17) is 11.6 Å². The predicted octanol–water partition coefficient (Wildman–Crippen LogP) is 4.26. The van der Waals surface area contributed by atoms with Gasteiger partial charge in [0.15, 0.2) is 5.15 Å². The monoisotopic (exact) mass is 338 g/mol. The van der Waals surface area contributed by atoms with E-state index in [1.165, 1.54) is 12.1 Å². The Morgan fingerprint density at radius 3 is 2.35 bits per heavy atom.